The minimum Gasteiger partial charge on any atom is -0.725 e. The SMILES string of the molecule is [BH3-][N+](C)(C)[BH2-]N(C)C. The molecule has 0 spiro atoms. The minimum atomic E-state index is 0.181. The fourth-order valence-electron chi connectivity index (χ4n) is 0.800. The quantitative estimate of drug-likeness (QED) is 0.372. The van der Waals surface area contributed by atoms with Crippen LogP contribution in [0.3, 0.4) is 0 Å². The fraction of sp³-hybridized carbons (Fsp3) is 1.00. The third kappa shape index (κ3) is 6.05. The van der Waals surface area contributed by atoms with Crippen LogP contribution in [0.15, 0.2) is 0 Å². The van der Waals surface area contributed by atoms with Gasteiger partial charge >= 0.3 is 0 Å². The van der Waals surface area contributed by atoms with E-state index in [0.29, 0.717) is 7.98 Å². The van der Waals surface area contributed by atoms with E-state index in [0.717, 1.165) is 0 Å². The molecule has 4 heteroatoms. The van der Waals surface area contributed by atoms with Gasteiger partial charge in [-0.3, -0.25) is 0 Å². The smallest absolute Gasteiger partial charge is 0.210 e. The van der Waals surface area contributed by atoms with Crippen LogP contribution >= 0.6 is 0 Å². The van der Waals surface area contributed by atoms with Crippen molar-refractivity contribution in [2.75, 3.05) is 28.2 Å². The molecule has 2 nitrogen and oxygen atoms in total. The van der Waals surface area contributed by atoms with Gasteiger partial charge in [-0.05, 0) is 28.2 Å². The van der Waals surface area contributed by atoms with E-state index >= 15 is 0 Å². The van der Waals surface area contributed by atoms with Crippen LogP contribution in [0.4, 0.5) is 0 Å². The van der Waals surface area contributed by atoms with E-state index in [1.165, 1.54) is 4.31 Å². The van der Waals surface area contributed by atoms with Crippen LogP contribution in [-0.2, 0) is 0 Å². The molecule has 0 saturated carbocycles. The third-order valence-corrected chi connectivity index (χ3v) is 0.800. The average Bonchev–Trinajstić information content (AvgIpc) is 1.21. The summed E-state index contributed by atoms with van der Waals surface area (Å²) in [5.41, 5.74) is 0. The Morgan fingerprint density at radius 1 is 1.38 bits per heavy atom. The van der Waals surface area contributed by atoms with Crippen LogP contribution < -0.4 is 0 Å². The molecule has 0 aliphatic carbocycles. The Bertz CT molecular complexity index is 66.9. The maximum atomic E-state index is 2.37. The lowest BCUT2D eigenvalue weighted by molar-refractivity contribution is -0.652. The minimum absolute atomic E-state index is 0.181. The van der Waals surface area contributed by atoms with Crippen molar-refractivity contribution in [2.45, 2.75) is 0 Å². The van der Waals surface area contributed by atoms with Gasteiger partial charge in [-0.2, -0.15) is 0 Å². The van der Waals surface area contributed by atoms with E-state index in [1.807, 2.05) is 0 Å². The second-order valence-corrected chi connectivity index (χ2v) is 2.88. The van der Waals surface area contributed by atoms with Crippen molar-refractivity contribution >= 4 is 15.5 Å². The number of nitrogens with zero attached hydrogens (tertiary/aromatic N) is 2. The molecule has 0 rings (SSSR count). The second kappa shape index (κ2) is 2.55. The van der Waals surface area contributed by atoms with E-state index in [9.17, 15) is 0 Å². The number of hydrogen-bond acceptors (Lipinski definition) is 1. The molecular formula is C4H17B2N2-. The molecule has 50 valence electrons. The molecule has 0 unspecified atom stereocenters. The second-order valence-electron chi connectivity index (χ2n) is 2.88. The summed E-state index contributed by atoms with van der Waals surface area (Å²) in [5.74, 6) is 0. The summed E-state index contributed by atoms with van der Waals surface area (Å²) in [7, 11) is 9.75. The zero-order chi connectivity index (χ0) is 6.78. The highest BCUT2D eigenvalue weighted by Crippen LogP contribution is 1.84. The van der Waals surface area contributed by atoms with Crippen molar-refractivity contribution in [3.05, 3.63) is 0 Å². The van der Waals surface area contributed by atoms with Crippen LogP contribution in [0, 0.1) is 0 Å². The van der Waals surface area contributed by atoms with Crippen LogP contribution in [0.1, 0.15) is 0 Å². The van der Waals surface area contributed by atoms with Crippen molar-refractivity contribution in [1.29, 1.82) is 0 Å². The van der Waals surface area contributed by atoms with Crippen LogP contribution in [0.2, 0.25) is 0 Å². The molecule has 0 bridgehead atoms. The van der Waals surface area contributed by atoms with Gasteiger partial charge < -0.3 is 9.12 Å². The summed E-state index contributed by atoms with van der Waals surface area (Å²) in [4.78, 5) is 2.37. The van der Waals surface area contributed by atoms with Crippen molar-refractivity contribution in [3.63, 3.8) is 0 Å². The van der Waals surface area contributed by atoms with E-state index in [2.05, 4.69) is 33.0 Å². The van der Waals surface area contributed by atoms with Crippen molar-refractivity contribution in [1.82, 2.24) is 4.81 Å². The van der Waals surface area contributed by atoms with Gasteiger partial charge in [0.05, 0.1) is 0 Å². The number of rotatable bonds is 2. The number of hydrogen-bond donors (Lipinski definition) is 0. The highest BCUT2D eigenvalue weighted by molar-refractivity contribution is 6.29. The molecule has 0 aromatic heterocycles. The first-order valence-corrected chi connectivity index (χ1v) is 2.68. The normalized spacial score (nSPS) is 12.8. The Balaban J connectivity index is 3.39. The van der Waals surface area contributed by atoms with Crippen molar-refractivity contribution in [2.24, 2.45) is 0 Å². The molecule has 0 amide bonds. The highest BCUT2D eigenvalue weighted by Gasteiger charge is 1.92. The first kappa shape index (κ1) is 8.05. The molecule has 0 aliphatic rings. The van der Waals surface area contributed by atoms with Gasteiger partial charge in [0, 0.05) is 0 Å². The highest BCUT2D eigenvalue weighted by atomic mass is 15.2. The first-order valence-electron chi connectivity index (χ1n) is 2.68. The number of quaternary nitrogens is 1. The van der Waals surface area contributed by atoms with Crippen LogP contribution in [-0.4, -0.2) is 52.8 Å². The van der Waals surface area contributed by atoms with E-state index < -0.39 is 0 Å². The predicted octanol–water partition coefficient (Wildman–Crippen LogP) is -2.10. The van der Waals surface area contributed by atoms with E-state index in [1.54, 1.807) is 0 Å². The Labute approximate surface area is 53.8 Å². The fourth-order valence-corrected chi connectivity index (χ4v) is 0.800. The third-order valence-electron chi connectivity index (χ3n) is 0.800. The molecule has 8 heavy (non-hydrogen) atoms. The summed E-state index contributed by atoms with van der Waals surface area (Å²) in [5, 5.41) is 0. The van der Waals surface area contributed by atoms with Crippen molar-refractivity contribution < 1.29 is 4.31 Å². The Morgan fingerprint density at radius 2 is 1.75 bits per heavy atom. The molecule has 0 N–H and O–H groups in total. The molecule has 0 aromatic rings. The van der Waals surface area contributed by atoms with Crippen LogP contribution in [0.5, 0.6) is 0 Å². The van der Waals surface area contributed by atoms with Crippen molar-refractivity contribution in [3.8, 4) is 0 Å². The van der Waals surface area contributed by atoms with Gasteiger partial charge in [-0.1, -0.05) is 0 Å². The molecule has 0 fully saturated rings. The molecule has 0 aromatic carbocycles. The summed E-state index contributed by atoms with van der Waals surface area (Å²) in [6.45, 7) is 0. The maximum absolute atomic E-state index is 2.37. The Hall–Kier alpha value is 0.0499. The molecule has 0 saturated heterocycles. The van der Waals surface area contributed by atoms with Gasteiger partial charge in [0.2, 0.25) is 7.55 Å². The predicted molar refractivity (Wildman–Crippen MR) is 44.3 cm³/mol. The summed E-state index contributed by atoms with van der Waals surface area (Å²) in [6, 6.07) is 0. The summed E-state index contributed by atoms with van der Waals surface area (Å²) >= 11 is 0. The topological polar surface area (TPSA) is 3.24 Å². The zero-order valence-corrected chi connectivity index (χ0v) is 5.89. The zero-order valence-electron chi connectivity index (χ0n) is 5.89. The Kier molecular flexibility index (Phi) is 2.57. The standard InChI is InChI=1S/C4H17B2N2/c1-7(2)6-8(3,4)5/h6H2,1-5H3/q-1. The van der Waals surface area contributed by atoms with Gasteiger partial charge in [0.25, 0.3) is 0 Å². The molecule has 0 aliphatic heterocycles. The summed E-state index contributed by atoms with van der Waals surface area (Å²) in [6.07, 6.45) is 0. The molecule has 0 atom stereocenters. The monoisotopic (exact) mass is 115 g/mol. The average molecular weight is 115 g/mol. The molecule has 0 heterocycles. The maximum Gasteiger partial charge on any atom is 0.210 e. The van der Waals surface area contributed by atoms with Gasteiger partial charge in [-0.25, -0.2) is 0 Å². The van der Waals surface area contributed by atoms with Gasteiger partial charge in [-0.15, -0.1) is 0 Å². The Morgan fingerprint density at radius 3 is 1.75 bits per heavy atom. The lowest BCUT2D eigenvalue weighted by atomic mass is 9.96. The van der Waals surface area contributed by atoms with Gasteiger partial charge in [0.1, 0.15) is 7.98 Å². The summed E-state index contributed by atoms with van der Waals surface area (Å²) < 4.78 is 1.38. The largest absolute Gasteiger partial charge is 0.725 e. The first-order chi connectivity index (χ1) is 3.42. The molecular weight excluding hydrogens is 97.7 g/mol. The molecule has 0 radical (unpaired) electrons. The van der Waals surface area contributed by atoms with Gasteiger partial charge in [0.15, 0.2) is 0 Å². The van der Waals surface area contributed by atoms with E-state index in [4.69, 9.17) is 0 Å². The lowest BCUT2D eigenvalue weighted by Crippen LogP contribution is -2.47. The van der Waals surface area contributed by atoms with Crippen LogP contribution in [0.25, 0.3) is 0 Å². The lowest BCUT2D eigenvalue weighted by Gasteiger charge is -2.47. The van der Waals surface area contributed by atoms with E-state index in [-0.39, 0.29) is 7.55 Å².